The number of carbonyl (C=O) groups is 1. The molecule has 0 radical (unpaired) electrons. The Morgan fingerprint density at radius 2 is 1.71 bits per heavy atom. The van der Waals surface area contributed by atoms with Gasteiger partial charge in [-0.25, -0.2) is 0 Å². The summed E-state index contributed by atoms with van der Waals surface area (Å²) in [6.45, 7) is 8.36. The summed E-state index contributed by atoms with van der Waals surface area (Å²) in [5.74, 6) is -0.788. The van der Waals surface area contributed by atoms with E-state index in [0.717, 1.165) is 18.7 Å². The lowest BCUT2D eigenvalue weighted by Crippen LogP contribution is -2.26. The van der Waals surface area contributed by atoms with Crippen molar-refractivity contribution < 1.29 is 9.90 Å². The molecule has 0 saturated heterocycles. The van der Waals surface area contributed by atoms with Gasteiger partial charge in [-0.15, -0.1) is 0 Å². The molecule has 0 amide bonds. The molecule has 0 aliphatic heterocycles. The van der Waals surface area contributed by atoms with Crippen LogP contribution in [0.2, 0.25) is 0 Å². The van der Waals surface area contributed by atoms with Gasteiger partial charge in [-0.3, -0.25) is 4.79 Å². The fourth-order valence-corrected chi connectivity index (χ4v) is 1.53. The van der Waals surface area contributed by atoms with E-state index in [1.807, 2.05) is 24.3 Å². The Morgan fingerprint density at radius 3 is 2.18 bits per heavy atom. The van der Waals surface area contributed by atoms with Crippen LogP contribution in [0, 0.1) is 5.41 Å². The summed E-state index contributed by atoms with van der Waals surface area (Å²) in [7, 11) is 0. The second kappa shape index (κ2) is 5.82. The van der Waals surface area contributed by atoms with Crippen LogP contribution in [0.5, 0.6) is 0 Å². The van der Waals surface area contributed by atoms with Crippen molar-refractivity contribution in [3.8, 4) is 0 Å². The van der Waals surface area contributed by atoms with Crippen molar-refractivity contribution in [1.29, 1.82) is 0 Å². The molecule has 0 unspecified atom stereocenters. The van der Waals surface area contributed by atoms with E-state index < -0.39 is 5.97 Å². The Kier molecular flexibility index (Phi) is 4.70. The lowest BCUT2D eigenvalue weighted by molar-refractivity contribution is -0.136. The molecule has 0 aliphatic carbocycles. The van der Waals surface area contributed by atoms with E-state index in [0.29, 0.717) is 0 Å². The van der Waals surface area contributed by atoms with Gasteiger partial charge < -0.3 is 10.4 Å². The van der Waals surface area contributed by atoms with Crippen molar-refractivity contribution in [3.63, 3.8) is 0 Å². The van der Waals surface area contributed by atoms with Crippen LogP contribution in [0.1, 0.15) is 31.9 Å². The number of rotatable bonds is 5. The van der Waals surface area contributed by atoms with Crippen molar-refractivity contribution in [2.24, 2.45) is 5.41 Å². The van der Waals surface area contributed by atoms with Gasteiger partial charge in [-0.2, -0.15) is 0 Å². The lowest BCUT2D eigenvalue weighted by Gasteiger charge is -2.18. The smallest absolute Gasteiger partial charge is 0.307 e. The van der Waals surface area contributed by atoms with E-state index in [4.69, 9.17) is 5.11 Å². The van der Waals surface area contributed by atoms with Gasteiger partial charge >= 0.3 is 5.97 Å². The highest BCUT2D eigenvalue weighted by Gasteiger charge is 2.08. The van der Waals surface area contributed by atoms with Crippen LogP contribution in [0.15, 0.2) is 24.3 Å². The Labute approximate surface area is 103 Å². The van der Waals surface area contributed by atoms with Gasteiger partial charge in [0.1, 0.15) is 0 Å². The van der Waals surface area contributed by atoms with Crippen molar-refractivity contribution in [1.82, 2.24) is 5.32 Å². The Morgan fingerprint density at radius 1 is 1.18 bits per heavy atom. The maximum absolute atomic E-state index is 10.5. The molecule has 0 atom stereocenters. The summed E-state index contributed by atoms with van der Waals surface area (Å²) in [4.78, 5) is 10.5. The monoisotopic (exact) mass is 235 g/mol. The molecule has 3 nitrogen and oxygen atoms in total. The average molecular weight is 235 g/mol. The second-order valence-corrected chi connectivity index (χ2v) is 5.55. The van der Waals surface area contributed by atoms with E-state index >= 15 is 0 Å². The summed E-state index contributed by atoms with van der Waals surface area (Å²) in [5.41, 5.74) is 2.31. The predicted octanol–water partition coefficient (Wildman–Crippen LogP) is 2.45. The molecule has 1 aromatic rings. The first-order chi connectivity index (χ1) is 7.87. The molecule has 2 N–H and O–H groups in total. The van der Waals surface area contributed by atoms with Gasteiger partial charge in [0.25, 0.3) is 0 Å². The van der Waals surface area contributed by atoms with Crippen LogP contribution in [0.25, 0.3) is 0 Å². The van der Waals surface area contributed by atoms with Crippen molar-refractivity contribution in [3.05, 3.63) is 35.4 Å². The molecular formula is C14H21NO2. The van der Waals surface area contributed by atoms with Crippen LogP contribution >= 0.6 is 0 Å². The van der Waals surface area contributed by atoms with E-state index in [9.17, 15) is 4.79 Å². The van der Waals surface area contributed by atoms with E-state index in [2.05, 4.69) is 26.1 Å². The third-order valence-electron chi connectivity index (χ3n) is 2.36. The molecule has 1 aromatic carbocycles. The zero-order valence-electron chi connectivity index (χ0n) is 10.8. The number of nitrogens with one attached hydrogen (secondary N) is 1. The Hall–Kier alpha value is -1.35. The third kappa shape index (κ3) is 6.07. The quantitative estimate of drug-likeness (QED) is 0.824. The van der Waals surface area contributed by atoms with Gasteiger partial charge in [0.15, 0.2) is 0 Å². The highest BCUT2D eigenvalue weighted by molar-refractivity contribution is 5.70. The summed E-state index contributed by atoms with van der Waals surface area (Å²) in [6.07, 6.45) is 0.0930. The van der Waals surface area contributed by atoms with Gasteiger partial charge in [-0.05, 0) is 16.5 Å². The molecule has 3 heteroatoms. The number of carboxylic acids is 1. The minimum absolute atomic E-state index is 0.0930. The van der Waals surface area contributed by atoms with E-state index in [1.54, 1.807) is 0 Å². The van der Waals surface area contributed by atoms with Gasteiger partial charge in [0.2, 0.25) is 0 Å². The molecule has 0 fully saturated rings. The number of hydrogen-bond donors (Lipinski definition) is 2. The van der Waals surface area contributed by atoms with Crippen molar-refractivity contribution in [2.45, 2.75) is 33.7 Å². The van der Waals surface area contributed by atoms with Gasteiger partial charge in [0, 0.05) is 13.1 Å². The third-order valence-corrected chi connectivity index (χ3v) is 2.36. The molecule has 0 aromatic heterocycles. The Bertz CT molecular complexity index is 363. The number of aliphatic carboxylic acids is 1. The average Bonchev–Trinajstić information content (AvgIpc) is 2.18. The van der Waals surface area contributed by atoms with Crippen molar-refractivity contribution >= 4 is 5.97 Å². The standard InChI is InChI=1S/C14H21NO2/c1-14(2,3)10-15-9-12-6-4-11(5-7-12)8-13(16)17/h4-7,15H,8-10H2,1-3H3,(H,16,17). The van der Waals surface area contributed by atoms with E-state index in [1.165, 1.54) is 5.56 Å². The predicted molar refractivity (Wildman–Crippen MR) is 68.9 cm³/mol. The summed E-state index contributed by atoms with van der Waals surface area (Å²) in [6, 6.07) is 7.71. The molecule has 0 bridgehead atoms. The van der Waals surface area contributed by atoms with Gasteiger partial charge in [0.05, 0.1) is 6.42 Å². The summed E-state index contributed by atoms with van der Waals surface area (Å²) < 4.78 is 0. The molecule has 94 valence electrons. The fourth-order valence-electron chi connectivity index (χ4n) is 1.53. The molecule has 1 rings (SSSR count). The molecule has 0 spiro atoms. The van der Waals surface area contributed by atoms with Crippen LogP contribution in [0.3, 0.4) is 0 Å². The number of hydrogen-bond acceptors (Lipinski definition) is 2. The van der Waals surface area contributed by atoms with Crippen LogP contribution < -0.4 is 5.32 Å². The first-order valence-corrected chi connectivity index (χ1v) is 5.87. The van der Waals surface area contributed by atoms with Crippen LogP contribution in [-0.4, -0.2) is 17.6 Å². The Balaban J connectivity index is 2.43. The van der Waals surface area contributed by atoms with Crippen LogP contribution in [-0.2, 0) is 17.8 Å². The highest BCUT2D eigenvalue weighted by atomic mass is 16.4. The zero-order valence-corrected chi connectivity index (χ0v) is 10.8. The van der Waals surface area contributed by atoms with Gasteiger partial charge in [-0.1, -0.05) is 45.0 Å². The SMILES string of the molecule is CC(C)(C)CNCc1ccc(CC(=O)O)cc1. The molecule has 17 heavy (non-hydrogen) atoms. The van der Waals surface area contributed by atoms with E-state index in [-0.39, 0.29) is 11.8 Å². The molecule has 0 saturated carbocycles. The molecular weight excluding hydrogens is 214 g/mol. The molecule has 0 heterocycles. The normalized spacial score (nSPS) is 11.5. The first kappa shape index (κ1) is 13.7. The minimum atomic E-state index is -0.788. The second-order valence-electron chi connectivity index (χ2n) is 5.55. The highest BCUT2D eigenvalue weighted by Crippen LogP contribution is 2.11. The number of carboxylic acid groups (broad SMARTS) is 1. The number of benzene rings is 1. The van der Waals surface area contributed by atoms with Crippen LogP contribution in [0.4, 0.5) is 0 Å². The summed E-state index contributed by atoms with van der Waals surface area (Å²) >= 11 is 0. The maximum atomic E-state index is 10.5. The van der Waals surface area contributed by atoms with Crippen molar-refractivity contribution in [2.75, 3.05) is 6.54 Å². The topological polar surface area (TPSA) is 49.3 Å². The maximum Gasteiger partial charge on any atom is 0.307 e. The first-order valence-electron chi connectivity index (χ1n) is 5.87. The largest absolute Gasteiger partial charge is 0.481 e. The summed E-state index contributed by atoms with van der Waals surface area (Å²) in [5, 5.41) is 12.0. The minimum Gasteiger partial charge on any atom is -0.481 e. The fraction of sp³-hybridized carbons (Fsp3) is 0.500. The molecule has 0 aliphatic rings. The zero-order chi connectivity index (χ0) is 12.9. The lowest BCUT2D eigenvalue weighted by atomic mass is 9.97.